The molecule has 0 bridgehead atoms. The highest BCUT2D eigenvalue weighted by Gasteiger charge is 2.41. The number of piperidine rings is 1. The van der Waals surface area contributed by atoms with E-state index in [0.717, 1.165) is 58.4 Å². The molecule has 2 aliphatic heterocycles. The SMILES string of the molecule is O=C(C1CC1)N1CCC2(CC1)OCCCO2. The fourth-order valence-corrected chi connectivity index (χ4v) is 2.56. The zero-order valence-electron chi connectivity index (χ0n) is 9.61. The summed E-state index contributed by atoms with van der Waals surface area (Å²) in [6, 6.07) is 0. The number of rotatable bonds is 1. The molecule has 3 aliphatic rings. The van der Waals surface area contributed by atoms with E-state index in [-0.39, 0.29) is 5.79 Å². The smallest absolute Gasteiger partial charge is 0.225 e. The maximum absolute atomic E-state index is 11.9. The van der Waals surface area contributed by atoms with Crippen molar-refractivity contribution in [1.29, 1.82) is 0 Å². The standard InChI is InChI=1S/C12H19NO3/c14-11(10-2-3-10)13-6-4-12(5-7-13)15-8-1-9-16-12/h10H,1-9H2. The first kappa shape index (κ1) is 10.5. The summed E-state index contributed by atoms with van der Waals surface area (Å²) in [6.07, 6.45) is 4.85. The Morgan fingerprint density at radius 3 is 2.31 bits per heavy atom. The molecular weight excluding hydrogens is 206 g/mol. The quantitative estimate of drug-likeness (QED) is 0.672. The second kappa shape index (κ2) is 4.00. The summed E-state index contributed by atoms with van der Waals surface area (Å²) < 4.78 is 11.5. The lowest BCUT2D eigenvalue weighted by molar-refractivity contribution is -0.282. The van der Waals surface area contributed by atoms with Gasteiger partial charge in [-0.15, -0.1) is 0 Å². The molecule has 0 N–H and O–H groups in total. The van der Waals surface area contributed by atoms with Crippen LogP contribution in [0.2, 0.25) is 0 Å². The minimum Gasteiger partial charge on any atom is -0.350 e. The van der Waals surface area contributed by atoms with Crippen LogP contribution in [0.1, 0.15) is 32.1 Å². The van der Waals surface area contributed by atoms with Crippen molar-refractivity contribution >= 4 is 5.91 Å². The van der Waals surface area contributed by atoms with E-state index in [0.29, 0.717) is 11.8 Å². The molecule has 0 aromatic carbocycles. The van der Waals surface area contributed by atoms with E-state index >= 15 is 0 Å². The summed E-state index contributed by atoms with van der Waals surface area (Å²) in [7, 11) is 0. The summed E-state index contributed by atoms with van der Waals surface area (Å²) in [6.45, 7) is 3.21. The topological polar surface area (TPSA) is 38.8 Å². The molecule has 2 saturated heterocycles. The Balaban J connectivity index is 1.56. The molecule has 4 heteroatoms. The molecule has 2 heterocycles. The van der Waals surface area contributed by atoms with Crippen molar-refractivity contribution < 1.29 is 14.3 Å². The predicted molar refractivity (Wildman–Crippen MR) is 57.8 cm³/mol. The molecule has 3 fully saturated rings. The Morgan fingerprint density at radius 2 is 1.75 bits per heavy atom. The van der Waals surface area contributed by atoms with Gasteiger partial charge < -0.3 is 14.4 Å². The van der Waals surface area contributed by atoms with Gasteiger partial charge >= 0.3 is 0 Å². The fourth-order valence-electron chi connectivity index (χ4n) is 2.56. The maximum Gasteiger partial charge on any atom is 0.225 e. The zero-order chi connectivity index (χ0) is 11.0. The van der Waals surface area contributed by atoms with E-state index in [9.17, 15) is 4.79 Å². The molecule has 1 spiro atoms. The molecule has 1 aliphatic carbocycles. The maximum atomic E-state index is 11.9. The number of hydrogen-bond donors (Lipinski definition) is 0. The van der Waals surface area contributed by atoms with Gasteiger partial charge in [-0.25, -0.2) is 0 Å². The molecule has 1 amide bonds. The van der Waals surface area contributed by atoms with Crippen molar-refractivity contribution in [3.63, 3.8) is 0 Å². The highest BCUT2D eigenvalue weighted by Crippen LogP contribution is 2.35. The van der Waals surface area contributed by atoms with Crippen molar-refractivity contribution in [3.8, 4) is 0 Å². The van der Waals surface area contributed by atoms with E-state index in [1.165, 1.54) is 0 Å². The monoisotopic (exact) mass is 225 g/mol. The first-order chi connectivity index (χ1) is 7.79. The second-order valence-corrected chi connectivity index (χ2v) is 5.06. The Hall–Kier alpha value is -0.610. The lowest BCUT2D eigenvalue weighted by atomic mass is 10.0. The molecule has 0 unspecified atom stereocenters. The largest absolute Gasteiger partial charge is 0.350 e. The van der Waals surface area contributed by atoms with Crippen molar-refractivity contribution in [2.24, 2.45) is 5.92 Å². The zero-order valence-corrected chi connectivity index (χ0v) is 9.61. The Labute approximate surface area is 95.9 Å². The first-order valence-corrected chi connectivity index (χ1v) is 6.36. The Kier molecular flexibility index (Phi) is 2.64. The molecule has 3 rings (SSSR count). The number of hydrogen-bond acceptors (Lipinski definition) is 3. The second-order valence-electron chi connectivity index (χ2n) is 5.06. The van der Waals surface area contributed by atoms with Gasteiger partial charge in [0.05, 0.1) is 13.2 Å². The van der Waals surface area contributed by atoms with E-state index in [4.69, 9.17) is 9.47 Å². The lowest BCUT2D eigenvalue weighted by Crippen LogP contribution is -2.51. The van der Waals surface area contributed by atoms with Crippen LogP contribution in [0, 0.1) is 5.92 Å². The van der Waals surface area contributed by atoms with Crippen molar-refractivity contribution in [3.05, 3.63) is 0 Å². The van der Waals surface area contributed by atoms with E-state index in [1.54, 1.807) is 0 Å². The number of carbonyl (C=O) groups is 1. The van der Waals surface area contributed by atoms with Gasteiger partial charge in [0.25, 0.3) is 0 Å². The van der Waals surface area contributed by atoms with Crippen LogP contribution >= 0.6 is 0 Å². The van der Waals surface area contributed by atoms with Gasteiger partial charge in [-0.3, -0.25) is 4.79 Å². The van der Waals surface area contributed by atoms with Crippen LogP contribution in [0.4, 0.5) is 0 Å². The third kappa shape index (κ3) is 1.96. The number of ether oxygens (including phenoxy) is 2. The molecular formula is C12H19NO3. The summed E-state index contributed by atoms with van der Waals surface area (Å²) in [5.74, 6) is 0.325. The number of amides is 1. The minimum absolute atomic E-state index is 0.335. The highest BCUT2D eigenvalue weighted by atomic mass is 16.7. The van der Waals surface area contributed by atoms with Gasteiger partial charge in [0.2, 0.25) is 5.91 Å². The fraction of sp³-hybridized carbons (Fsp3) is 0.917. The summed E-state index contributed by atoms with van der Waals surface area (Å²) in [5.41, 5.74) is 0. The van der Waals surface area contributed by atoms with Gasteiger partial charge in [0, 0.05) is 31.8 Å². The Morgan fingerprint density at radius 1 is 1.12 bits per heavy atom. The summed E-state index contributed by atoms with van der Waals surface area (Å²) >= 11 is 0. The van der Waals surface area contributed by atoms with Crippen LogP contribution < -0.4 is 0 Å². The van der Waals surface area contributed by atoms with Crippen LogP contribution in [0.3, 0.4) is 0 Å². The molecule has 1 saturated carbocycles. The normalized spacial score (nSPS) is 29.4. The lowest BCUT2D eigenvalue weighted by Gasteiger charge is -2.43. The third-order valence-corrected chi connectivity index (χ3v) is 3.78. The van der Waals surface area contributed by atoms with Gasteiger partial charge in [0.15, 0.2) is 5.79 Å². The van der Waals surface area contributed by atoms with Crippen LogP contribution in [-0.2, 0) is 14.3 Å². The molecule has 4 nitrogen and oxygen atoms in total. The molecule has 0 aromatic heterocycles. The van der Waals surface area contributed by atoms with Crippen molar-refractivity contribution in [2.75, 3.05) is 26.3 Å². The van der Waals surface area contributed by atoms with Gasteiger partial charge in [-0.05, 0) is 19.3 Å². The van der Waals surface area contributed by atoms with Gasteiger partial charge in [0.1, 0.15) is 0 Å². The van der Waals surface area contributed by atoms with Crippen LogP contribution in [0.25, 0.3) is 0 Å². The third-order valence-electron chi connectivity index (χ3n) is 3.78. The van der Waals surface area contributed by atoms with Crippen molar-refractivity contribution in [2.45, 2.75) is 37.9 Å². The number of nitrogens with zero attached hydrogens (tertiary/aromatic N) is 1. The minimum atomic E-state index is -0.363. The van der Waals surface area contributed by atoms with Crippen LogP contribution in [-0.4, -0.2) is 42.9 Å². The molecule has 0 atom stereocenters. The highest BCUT2D eigenvalue weighted by molar-refractivity contribution is 5.81. The summed E-state index contributed by atoms with van der Waals surface area (Å²) in [5, 5.41) is 0. The first-order valence-electron chi connectivity index (χ1n) is 6.36. The average Bonchev–Trinajstić information content (AvgIpc) is 3.14. The van der Waals surface area contributed by atoms with Crippen LogP contribution in [0.15, 0.2) is 0 Å². The van der Waals surface area contributed by atoms with E-state index in [1.807, 2.05) is 4.90 Å². The van der Waals surface area contributed by atoms with Gasteiger partial charge in [-0.1, -0.05) is 0 Å². The van der Waals surface area contributed by atoms with E-state index in [2.05, 4.69) is 0 Å². The molecule has 0 aromatic rings. The molecule has 90 valence electrons. The predicted octanol–water partition coefficient (Wildman–Crippen LogP) is 1.15. The van der Waals surface area contributed by atoms with E-state index < -0.39 is 0 Å². The number of likely N-dealkylation sites (tertiary alicyclic amines) is 1. The van der Waals surface area contributed by atoms with Crippen molar-refractivity contribution in [1.82, 2.24) is 4.90 Å². The number of carbonyl (C=O) groups excluding carboxylic acids is 1. The average molecular weight is 225 g/mol. The Bertz CT molecular complexity index is 272. The molecule has 16 heavy (non-hydrogen) atoms. The van der Waals surface area contributed by atoms with Gasteiger partial charge in [-0.2, -0.15) is 0 Å². The van der Waals surface area contributed by atoms with Crippen LogP contribution in [0.5, 0.6) is 0 Å². The molecule has 0 radical (unpaired) electrons. The summed E-state index contributed by atoms with van der Waals surface area (Å²) in [4.78, 5) is 13.9.